The molecular weight excluding hydrogens is 228 g/mol. The molecule has 1 fully saturated rings. The number of hydrogen-bond donors (Lipinski definition) is 1. The number of carbonyl (C=O) groups excluding carboxylic acids is 1. The maximum Gasteiger partial charge on any atom is 0.329 e. The van der Waals surface area contributed by atoms with Gasteiger partial charge in [-0.15, -0.1) is 0 Å². The fraction of sp³-hybridized carbons (Fsp3) is 0.917. The lowest BCUT2D eigenvalue weighted by molar-refractivity contribution is -0.139. The van der Waals surface area contributed by atoms with Gasteiger partial charge in [-0.2, -0.15) is 8.78 Å². The van der Waals surface area contributed by atoms with Crippen molar-refractivity contribution in [1.29, 1.82) is 0 Å². The fourth-order valence-corrected chi connectivity index (χ4v) is 2.21. The van der Waals surface area contributed by atoms with E-state index in [0.717, 1.165) is 25.7 Å². The maximum absolute atomic E-state index is 13.2. The third-order valence-electron chi connectivity index (χ3n) is 3.04. The number of unbranched alkanes of at least 4 members (excludes halogenated alkanes) is 3. The first-order chi connectivity index (χ1) is 7.96. The van der Waals surface area contributed by atoms with E-state index in [1.165, 1.54) is 0 Å². The quantitative estimate of drug-likeness (QED) is 0.704. The number of hydrogen-bond acceptors (Lipinski definition) is 2. The summed E-state index contributed by atoms with van der Waals surface area (Å²) in [6, 6.07) is 0. The van der Waals surface area contributed by atoms with E-state index >= 15 is 0 Å². The van der Waals surface area contributed by atoms with Crippen LogP contribution >= 0.6 is 0 Å². The minimum Gasteiger partial charge on any atom is -0.356 e. The van der Waals surface area contributed by atoms with Crippen molar-refractivity contribution in [1.82, 2.24) is 5.32 Å². The minimum atomic E-state index is -3.29. The van der Waals surface area contributed by atoms with Gasteiger partial charge in [-0.25, -0.2) is 0 Å². The third-order valence-corrected chi connectivity index (χ3v) is 3.04. The van der Waals surface area contributed by atoms with E-state index in [1.54, 1.807) is 6.92 Å². The second kappa shape index (κ2) is 5.76. The molecule has 100 valence electrons. The lowest BCUT2D eigenvalue weighted by atomic mass is 10.0. The van der Waals surface area contributed by atoms with Crippen molar-refractivity contribution in [2.45, 2.75) is 64.0 Å². The molecule has 5 heteroatoms. The Bertz CT molecular complexity index is 271. The van der Waals surface area contributed by atoms with Crippen molar-refractivity contribution >= 4 is 5.91 Å². The second-order valence-electron chi connectivity index (χ2n) is 4.57. The third kappa shape index (κ3) is 3.63. The molecule has 1 aliphatic rings. The molecule has 1 heterocycles. The summed E-state index contributed by atoms with van der Waals surface area (Å²) in [4.78, 5) is 11.1. The van der Waals surface area contributed by atoms with Crippen molar-refractivity contribution in [2.75, 3.05) is 6.61 Å². The predicted octanol–water partition coefficient (Wildman–Crippen LogP) is 2.84. The molecule has 0 aromatic carbocycles. The van der Waals surface area contributed by atoms with Crippen LogP contribution in [0.4, 0.5) is 8.78 Å². The monoisotopic (exact) mass is 249 g/mol. The fourth-order valence-electron chi connectivity index (χ4n) is 2.21. The summed E-state index contributed by atoms with van der Waals surface area (Å²) >= 11 is 0. The molecule has 0 radical (unpaired) electrons. The highest BCUT2D eigenvalue weighted by atomic mass is 19.3. The Morgan fingerprint density at radius 1 is 1.29 bits per heavy atom. The van der Waals surface area contributed by atoms with Crippen molar-refractivity contribution in [3.63, 3.8) is 0 Å². The first-order valence-corrected chi connectivity index (χ1v) is 6.30. The SMILES string of the molecule is CCCCCCC1(OCC)CC(F)(F)C(=O)N1. The van der Waals surface area contributed by atoms with Crippen LogP contribution in [0.2, 0.25) is 0 Å². The van der Waals surface area contributed by atoms with Gasteiger partial charge >= 0.3 is 5.92 Å². The molecule has 0 bridgehead atoms. The van der Waals surface area contributed by atoms with E-state index in [-0.39, 0.29) is 0 Å². The van der Waals surface area contributed by atoms with E-state index < -0.39 is 24.0 Å². The molecular formula is C12H21F2NO2. The van der Waals surface area contributed by atoms with Crippen LogP contribution in [0.3, 0.4) is 0 Å². The van der Waals surface area contributed by atoms with Gasteiger partial charge in [0.1, 0.15) is 5.72 Å². The highest BCUT2D eigenvalue weighted by Gasteiger charge is 2.56. The number of carbonyl (C=O) groups is 1. The zero-order chi connectivity index (χ0) is 12.9. The number of halogens is 2. The van der Waals surface area contributed by atoms with E-state index in [1.807, 2.05) is 0 Å². The van der Waals surface area contributed by atoms with Gasteiger partial charge in [0.15, 0.2) is 0 Å². The van der Waals surface area contributed by atoms with Crippen molar-refractivity contribution in [3.05, 3.63) is 0 Å². The number of ether oxygens (including phenoxy) is 1. The smallest absolute Gasteiger partial charge is 0.329 e. The van der Waals surface area contributed by atoms with Crippen LogP contribution in [-0.2, 0) is 9.53 Å². The molecule has 1 aliphatic heterocycles. The highest BCUT2D eigenvalue weighted by Crippen LogP contribution is 2.37. The zero-order valence-electron chi connectivity index (χ0n) is 10.5. The average molecular weight is 249 g/mol. The Morgan fingerprint density at radius 3 is 2.47 bits per heavy atom. The molecule has 1 saturated heterocycles. The number of alkyl halides is 2. The Kier molecular flexibility index (Phi) is 4.86. The van der Waals surface area contributed by atoms with Gasteiger partial charge < -0.3 is 10.1 Å². The number of nitrogens with one attached hydrogen (secondary N) is 1. The van der Waals surface area contributed by atoms with E-state index in [2.05, 4.69) is 12.2 Å². The summed E-state index contributed by atoms with van der Waals surface area (Å²) < 4.78 is 31.8. The Hall–Kier alpha value is -0.710. The molecule has 1 unspecified atom stereocenters. The summed E-state index contributed by atoms with van der Waals surface area (Å²) in [5.41, 5.74) is -1.15. The molecule has 1 atom stereocenters. The number of rotatable bonds is 7. The minimum absolute atomic E-state index is 0.324. The van der Waals surface area contributed by atoms with E-state index in [4.69, 9.17) is 4.74 Å². The van der Waals surface area contributed by atoms with Crippen molar-refractivity contribution in [2.24, 2.45) is 0 Å². The second-order valence-corrected chi connectivity index (χ2v) is 4.57. The van der Waals surface area contributed by atoms with Crippen LogP contribution in [0.1, 0.15) is 52.4 Å². The van der Waals surface area contributed by atoms with Gasteiger partial charge in [-0.1, -0.05) is 26.2 Å². The first kappa shape index (κ1) is 14.4. The van der Waals surface area contributed by atoms with Gasteiger partial charge in [0.05, 0.1) is 6.42 Å². The summed E-state index contributed by atoms with van der Waals surface area (Å²) in [7, 11) is 0. The van der Waals surface area contributed by atoms with Crippen molar-refractivity contribution < 1.29 is 18.3 Å². The van der Waals surface area contributed by atoms with Crippen LogP contribution in [0.25, 0.3) is 0 Å². The summed E-state index contributed by atoms with van der Waals surface area (Å²) in [5, 5.41) is 2.32. The summed E-state index contributed by atoms with van der Waals surface area (Å²) in [6.45, 7) is 4.16. The molecule has 0 saturated carbocycles. The van der Waals surface area contributed by atoms with Crippen LogP contribution in [0.15, 0.2) is 0 Å². The summed E-state index contributed by atoms with van der Waals surface area (Å²) in [6.07, 6.45) is 3.86. The molecule has 0 spiro atoms. The molecule has 0 aromatic rings. The molecule has 17 heavy (non-hydrogen) atoms. The largest absolute Gasteiger partial charge is 0.356 e. The molecule has 1 N–H and O–H groups in total. The zero-order valence-corrected chi connectivity index (χ0v) is 10.5. The van der Waals surface area contributed by atoms with Gasteiger partial charge in [0.25, 0.3) is 5.91 Å². The first-order valence-electron chi connectivity index (χ1n) is 6.30. The van der Waals surface area contributed by atoms with Gasteiger partial charge in [0, 0.05) is 6.61 Å². The van der Waals surface area contributed by atoms with E-state index in [0.29, 0.717) is 13.0 Å². The predicted molar refractivity (Wildman–Crippen MR) is 60.8 cm³/mol. The van der Waals surface area contributed by atoms with Crippen LogP contribution in [-0.4, -0.2) is 24.2 Å². The highest BCUT2D eigenvalue weighted by molar-refractivity contribution is 5.86. The van der Waals surface area contributed by atoms with Gasteiger partial charge in [-0.3, -0.25) is 4.79 Å². The summed E-state index contributed by atoms with van der Waals surface area (Å²) in [5.74, 6) is -4.50. The molecule has 1 amide bonds. The Balaban J connectivity index is 2.56. The van der Waals surface area contributed by atoms with Crippen molar-refractivity contribution in [3.8, 4) is 0 Å². The molecule has 0 aliphatic carbocycles. The Labute approximate surface area is 101 Å². The topological polar surface area (TPSA) is 38.3 Å². The average Bonchev–Trinajstić information content (AvgIpc) is 2.45. The van der Waals surface area contributed by atoms with Gasteiger partial charge in [0.2, 0.25) is 0 Å². The van der Waals surface area contributed by atoms with Crippen LogP contribution in [0, 0.1) is 0 Å². The maximum atomic E-state index is 13.2. The normalized spacial score (nSPS) is 27.2. The standard InChI is InChI=1S/C12H21F2NO2/c1-3-5-6-7-8-11(17-4-2)9-12(13,14)10(16)15-11/h3-9H2,1-2H3,(H,15,16). The van der Waals surface area contributed by atoms with Crippen LogP contribution in [0.5, 0.6) is 0 Å². The molecule has 0 aromatic heterocycles. The van der Waals surface area contributed by atoms with Gasteiger partial charge in [-0.05, 0) is 19.8 Å². The van der Waals surface area contributed by atoms with Crippen LogP contribution < -0.4 is 5.32 Å². The van der Waals surface area contributed by atoms with E-state index in [9.17, 15) is 13.6 Å². The lowest BCUT2D eigenvalue weighted by Crippen LogP contribution is -2.44. The number of amides is 1. The lowest BCUT2D eigenvalue weighted by Gasteiger charge is -2.28. The molecule has 1 rings (SSSR count). The Morgan fingerprint density at radius 2 is 2.00 bits per heavy atom. The molecule has 3 nitrogen and oxygen atoms in total.